The maximum Gasteiger partial charge on any atom is 0.264 e. The van der Waals surface area contributed by atoms with Crippen LogP contribution in [0.3, 0.4) is 0 Å². The van der Waals surface area contributed by atoms with Gasteiger partial charge in [0.2, 0.25) is 11.8 Å². The Morgan fingerprint density at radius 1 is 0.974 bits per heavy atom. The first-order valence-corrected chi connectivity index (χ1v) is 14.3. The molecule has 0 saturated heterocycles. The van der Waals surface area contributed by atoms with Gasteiger partial charge in [-0.3, -0.25) is 13.9 Å². The van der Waals surface area contributed by atoms with E-state index in [-0.39, 0.29) is 17.3 Å². The van der Waals surface area contributed by atoms with Gasteiger partial charge in [0.25, 0.3) is 10.0 Å². The highest BCUT2D eigenvalue weighted by atomic mass is 35.5. The smallest absolute Gasteiger partial charge is 0.264 e. The monoisotopic (exact) mass is 555 g/mol. The molecule has 0 aromatic heterocycles. The van der Waals surface area contributed by atoms with Crippen molar-refractivity contribution in [2.45, 2.75) is 51.6 Å². The van der Waals surface area contributed by atoms with Crippen LogP contribution in [0.5, 0.6) is 0 Å². The lowest BCUT2D eigenvalue weighted by atomic mass is 10.1. The second-order valence-corrected chi connectivity index (χ2v) is 11.5. The fourth-order valence-electron chi connectivity index (χ4n) is 4.03. The molecule has 1 unspecified atom stereocenters. The number of sulfonamides is 1. The molecule has 2 amide bonds. The van der Waals surface area contributed by atoms with E-state index >= 15 is 0 Å². The number of nitrogens with zero attached hydrogens (tertiary/aromatic N) is 2. The van der Waals surface area contributed by atoms with Crippen molar-refractivity contribution < 1.29 is 18.0 Å². The summed E-state index contributed by atoms with van der Waals surface area (Å²) in [6.07, 6.45) is 0.746. The Morgan fingerprint density at radius 3 is 2.34 bits per heavy atom. The third kappa shape index (κ3) is 7.14. The van der Waals surface area contributed by atoms with Crippen molar-refractivity contribution in [2.24, 2.45) is 0 Å². The van der Waals surface area contributed by atoms with E-state index in [0.29, 0.717) is 22.8 Å². The number of nitrogens with one attached hydrogen (secondary N) is 1. The lowest BCUT2D eigenvalue weighted by molar-refractivity contribution is -0.139. The summed E-state index contributed by atoms with van der Waals surface area (Å²) >= 11 is 6.17. The van der Waals surface area contributed by atoms with Gasteiger partial charge in [-0.25, -0.2) is 8.42 Å². The molecule has 1 atom stereocenters. The van der Waals surface area contributed by atoms with Crippen LogP contribution in [0, 0.1) is 13.8 Å². The molecule has 0 aliphatic rings. The van der Waals surface area contributed by atoms with Crippen molar-refractivity contribution >= 4 is 39.1 Å². The van der Waals surface area contributed by atoms with Gasteiger partial charge in [0.1, 0.15) is 12.6 Å². The molecule has 7 nitrogen and oxygen atoms in total. The van der Waals surface area contributed by atoms with Gasteiger partial charge < -0.3 is 10.2 Å². The second-order valence-electron chi connectivity index (χ2n) is 9.23. The average Bonchev–Trinajstić information content (AvgIpc) is 2.90. The van der Waals surface area contributed by atoms with Crippen LogP contribution in [0.1, 0.15) is 37.0 Å². The zero-order valence-corrected chi connectivity index (χ0v) is 23.7. The lowest BCUT2D eigenvalue weighted by Crippen LogP contribution is -2.51. The van der Waals surface area contributed by atoms with Gasteiger partial charge in [-0.1, -0.05) is 61.0 Å². The van der Waals surface area contributed by atoms with E-state index in [1.54, 1.807) is 56.3 Å². The van der Waals surface area contributed by atoms with Crippen molar-refractivity contribution in [1.29, 1.82) is 0 Å². The number of carbonyl (C=O) groups excluding carboxylic acids is 2. The quantitative estimate of drug-likeness (QED) is 0.357. The molecule has 0 heterocycles. The van der Waals surface area contributed by atoms with Crippen molar-refractivity contribution in [3.05, 3.63) is 94.5 Å². The number of rotatable bonds is 11. The van der Waals surface area contributed by atoms with Gasteiger partial charge in [-0.15, -0.1) is 0 Å². The molecule has 0 aliphatic carbocycles. The predicted octanol–water partition coefficient (Wildman–Crippen LogP) is 5.10. The number of halogens is 1. The summed E-state index contributed by atoms with van der Waals surface area (Å²) in [5.41, 5.74) is 2.70. The Balaban J connectivity index is 2.05. The van der Waals surface area contributed by atoms with E-state index in [2.05, 4.69) is 5.32 Å². The van der Waals surface area contributed by atoms with Crippen molar-refractivity contribution in [2.75, 3.05) is 17.4 Å². The van der Waals surface area contributed by atoms with E-state index in [4.69, 9.17) is 11.6 Å². The first kappa shape index (κ1) is 29.2. The Labute approximate surface area is 230 Å². The molecule has 0 spiro atoms. The number of hydrogen-bond donors (Lipinski definition) is 1. The van der Waals surface area contributed by atoms with Crippen LogP contribution < -0.4 is 9.62 Å². The largest absolute Gasteiger partial charge is 0.354 e. The second kappa shape index (κ2) is 12.9. The molecular formula is C29H34ClN3O4S. The summed E-state index contributed by atoms with van der Waals surface area (Å²) in [4.78, 5) is 28.3. The fourth-order valence-corrected chi connectivity index (χ4v) is 5.74. The lowest BCUT2D eigenvalue weighted by Gasteiger charge is -2.32. The van der Waals surface area contributed by atoms with Crippen LogP contribution in [0.2, 0.25) is 5.02 Å². The first-order valence-electron chi connectivity index (χ1n) is 12.5. The fraction of sp³-hybridized carbons (Fsp3) is 0.310. The standard InChI is InChI=1S/C29H34ClN3O4S/c1-5-16-31-29(35)23(4)32(19-24-10-9-11-25(30)18-24)28(34)20-33(27-17-21(2)14-15-22(27)3)38(36,37)26-12-7-6-8-13-26/h6-15,17-18,23H,5,16,19-20H2,1-4H3,(H,31,35). The molecule has 9 heteroatoms. The number of benzene rings is 3. The molecule has 3 aromatic rings. The summed E-state index contributed by atoms with van der Waals surface area (Å²) < 4.78 is 28.9. The van der Waals surface area contributed by atoms with Gasteiger partial charge in [-0.05, 0) is 74.2 Å². The van der Waals surface area contributed by atoms with E-state index < -0.39 is 28.5 Å². The molecule has 3 aromatic carbocycles. The Kier molecular flexibility index (Phi) is 9.94. The zero-order chi connectivity index (χ0) is 27.9. The molecule has 1 N–H and O–H groups in total. The van der Waals surface area contributed by atoms with Crippen molar-refractivity contribution in [3.63, 3.8) is 0 Å². The minimum atomic E-state index is -4.10. The number of hydrogen-bond acceptors (Lipinski definition) is 4. The van der Waals surface area contributed by atoms with Crippen molar-refractivity contribution in [1.82, 2.24) is 10.2 Å². The van der Waals surface area contributed by atoms with Gasteiger partial charge in [-0.2, -0.15) is 0 Å². The maximum atomic E-state index is 13.9. The van der Waals surface area contributed by atoms with Gasteiger partial charge in [0.15, 0.2) is 0 Å². The van der Waals surface area contributed by atoms with Crippen LogP contribution in [0.4, 0.5) is 5.69 Å². The van der Waals surface area contributed by atoms with E-state index in [9.17, 15) is 18.0 Å². The molecule has 0 radical (unpaired) electrons. The van der Waals surface area contributed by atoms with Crippen LogP contribution in [-0.4, -0.2) is 44.3 Å². The number of aryl methyl sites for hydroxylation is 2. The SMILES string of the molecule is CCCNC(=O)C(C)N(Cc1cccc(Cl)c1)C(=O)CN(c1cc(C)ccc1C)S(=O)(=O)c1ccccc1. The number of amides is 2. The normalized spacial score (nSPS) is 12.0. The third-order valence-electron chi connectivity index (χ3n) is 6.20. The number of anilines is 1. The maximum absolute atomic E-state index is 13.9. The molecule has 0 fully saturated rings. The van der Waals surface area contributed by atoms with E-state index in [1.165, 1.54) is 17.0 Å². The molecule has 0 saturated carbocycles. The Morgan fingerprint density at radius 2 is 1.68 bits per heavy atom. The van der Waals surface area contributed by atoms with Crippen LogP contribution >= 0.6 is 11.6 Å². The summed E-state index contributed by atoms with van der Waals surface area (Å²) in [7, 11) is -4.10. The topological polar surface area (TPSA) is 86.8 Å². The highest BCUT2D eigenvalue weighted by Crippen LogP contribution is 2.28. The molecule has 202 valence electrons. The highest BCUT2D eigenvalue weighted by Gasteiger charge is 2.33. The van der Waals surface area contributed by atoms with Crippen LogP contribution in [-0.2, 0) is 26.2 Å². The minimum Gasteiger partial charge on any atom is -0.354 e. The Hall–Kier alpha value is -3.36. The summed E-state index contributed by atoms with van der Waals surface area (Å²) in [6.45, 7) is 7.33. The summed E-state index contributed by atoms with van der Waals surface area (Å²) in [5, 5.41) is 3.33. The van der Waals surface area contributed by atoms with Gasteiger partial charge in [0.05, 0.1) is 10.6 Å². The first-order chi connectivity index (χ1) is 18.0. The molecule has 0 aliphatic heterocycles. The third-order valence-corrected chi connectivity index (χ3v) is 8.21. The van der Waals surface area contributed by atoms with Crippen molar-refractivity contribution in [3.8, 4) is 0 Å². The summed E-state index contributed by atoms with van der Waals surface area (Å²) in [6, 6.07) is 19.7. The average molecular weight is 556 g/mol. The van der Waals surface area contributed by atoms with Crippen LogP contribution in [0.15, 0.2) is 77.7 Å². The summed E-state index contributed by atoms with van der Waals surface area (Å²) in [5.74, 6) is -0.823. The molecule has 38 heavy (non-hydrogen) atoms. The molecule has 0 bridgehead atoms. The van der Waals surface area contributed by atoms with E-state index in [1.807, 2.05) is 32.0 Å². The Bertz CT molecular complexity index is 1380. The molecule has 3 rings (SSSR count). The van der Waals surface area contributed by atoms with Gasteiger partial charge in [0, 0.05) is 18.1 Å². The van der Waals surface area contributed by atoms with E-state index in [0.717, 1.165) is 21.9 Å². The minimum absolute atomic E-state index is 0.0730. The van der Waals surface area contributed by atoms with Gasteiger partial charge >= 0.3 is 0 Å². The molecular weight excluding hydrogens is 522 g/mol. The highest BCUT2D eigenvalue weighted by molar-refractivity contribution is 7.92. The van der Waals surface area contributed by atoms with Crippen LogP contribution in [0.25, 0.3) is 0 Å². The number of carbonyl (C=O) groups is 2. The zero-order valence-electron chi connectivity index (χ0n) is 22.1. The predicted molar refractivity (Wildman–Crippen MR) is 152 cm³/mol.